The summed E-state index contributed by atoms with van der Waals surface area (Å²) in [5, 5.41) is 0. The molecule has 0 bridgehead atoms. The zero-order valence-electron chi connectivity index (χ0n) is 8.86. The van der Waals surface area contributed by atoms with E-state index in [0.29, 0.717) is 13.2 Å². The van der Waals surface area contributed by atoms with Crippen molar-refractivity contribution in [3.8, 4) is 0 Å². The molecule has 6 heteroatoms. The summed E-state index contributed by atoms with van der Waals surface area (Å²) in [4.78, 5) is 0. The molecule has 1 aliphatic rings. The fourth-order valence-electron chi connectivity index (χ4n) is 1.26. The molecule has 84 valence electrons. The number of hydrogen-bond acceptors (Lipinski definition) is 4. The zero-order chi connectivity index (χ0) is 11.0. The van der Waals surface area contributed by atoms with E-state index in [9.17, 15) is 8.42 Å². The normalized spacial score (nSPS) is 26.4. The summed E-state index contributed by atoms with van der Waals surface area (Å²) in [7, 11) is -3.32. The van der Waals surface area contributed by atoms with E-state index in [4.69, 9.17) is 10.5 Å². The quantitative estimate of drug-likeness (QED) is 0.663. The molecule has 2 N–H and O–H groups in total. The Morgan fingerprint density at radius 2 is 2.00 bits per heavy atom. The van der Waals surface area contributed by atoms with Crippen LogP contribution in [-0.4, -0.2) is 43.4 Å². The van der Waals surface area contributed by atoms with Gasteiger partial charge in [0.15, 0.2) is 0 Å². The molecule has 0 saturated carbocycles. The van der Waals surface area contributed by atoms with E-state index in [2.05, 4.69) is 0 Å². The molecule has 1 unspecified atom stereocenters. The second kappa shape index (κ2) is 3.77. The largest absolute Gasteiger partial charge is 0.377 e. The Morgan fingerprint density at radius 3 is 2.43 bits per heavy atom. The molecule has 1 heterocycles. The molecule has 5 nitrogen and oxygen atoms in total. The van der Waals surface area contributed by atoms with Crippen LogP contribution < -0.4 is 5.73 Å². The summed E-state index contributed by atoms with van der Waals surface area (Å²) >= 11 is 0. The molecule has 1 atom stereocenters. The van der Waals surface area contributed by atoms with E-state index >= 15 is 0 Å². The second-order valence-corrected chi connectivity index (χ2v) is 7.01. The van der Waals surface area contributed by atoms with Crippen molar-refractivity contribution in [2.24, 2.45) is 5.73 Å². The number of hydrogen-bond donors (Lipinski definition) is 1. The fourth-order valence-corrected chi connectivity index (χ4v) is 2.69. The van der Waals surface area contributed by atoms with Gasteiger partial charge in [0.1, 0.15) is 0 Å². The van der Waals surface area contributed by atoms with Gasteiger partial charge in [-0.1, -0.05) is 0 Å². The zero-order valence-corrected chi connectivity index (χ0v) is 9.67. The highest BCUT2D eigenvalue weighted by Crippen LogP contribution is 2.22. The lowest BCUT2D eigenvalue weighted by Crippen LogP contribution is -2.57. The summed E-state index contributed by atoms with van der Waals surface area (Å²) < 4.78 is 29.6. The number of nitrogens with zero attached hydrogens (tertiary/aromatic N) is 1. The van der Waals surface area contributed by atoms with Gasteiger partial charge in [-0.3, -0.25) is 0 Å². The SMILES string of the molecule is CC(C)(C)S(=O)(=O)N1CCOCC1N. The van der Waals surface area contributed by atoms with Crippen LogP contribution in [0, 0.1) is 0 Å². The summed E-state index contributed by atoms with van der Waals surface area (Å²) in [6.45, 7) is 6.05. The molecule has 1 saturated heterocycles. The first kappa shape index (κ1) is 11.9. The minimum absolute atomic E-state index is 0.273. The fraction of sp³-hybridized carbons (Fsp3) is 1.00. The predicted molar refractivity (Wildman–Crippen MR) is 54.2 cm³/mol. The predicted octanol–water partition coefficient (Wildman–Crippen LogP) is -0.268. The van der Waals surface area contributed by atoms with Gasteiger partial charge in [0.2, 0.25) is 10.0 Å². The molecule has 0 aromatic carbocycles. The molecule has 0 radical (unpaired) electrons. The second-order valence-electron chi connectivity index (χ2n) is 4.37. The van der Waals surface area contributed by atoms with Crippen LogP contribution in [0.1, 0.15) is 20.8 Å². The molecule has 0 aromatic rings. The molecule has 0 spiro atoms. The van der Waals surface area contributed by atoms with Crippen LogP contribution in [0.3, 0.4) is 0 Å². The van der Waals surface area contributed by atoms with Crippen LogP contribution in [0.15, 0.2) is 0 Å². The van der Waals surface area contributed by atoms with Crippen LogP contribution in [0.25, 0.3) is 0 Å². The van der Waals surface area contributed by atoms with E-state index in [-0.39, 0.29) is 6.61 Å². The maximum Gasteiger partial charge on any atom is 0.220 e. The molecular formula is C8H18N2O3S. The van der Waals surface area contributed by atoms with Crippen molar-refractivity contribution >= 4 is 10.0 Å². The van der Waals surface area contributed by atoms with Crippen LogP contribution in [-0.2, 0) is 14.8 Å². The third kappa shape index (κ3) is 2.08. The number of morpholine rings is 1. The smallest absolute Gasteiger partial charge is 0.220 e. The van der Waals surface area contributed by atoms with E-state index < -0.39 is 20.9 Å². The lowest BCUT2D eigenvalue weighted by Gasteiger charge is -2.36. The lowest BCUT2D eigenvalue weighted by atomic mass is 10.3. The average molecular weight is 222 g/mol. The molecule has 1 fully saturated rings. The van der Waals surface area contributed by atoms with Gasteiger partial charge in [-0.25, -0.2) is 8.42 Å². The molecule has 1 aliphatic heterocycles. The monoisotopic (exact) mass is 222 g/mol. The van der Waals surface area contributed by atoms with Gasteiger partial charge >= 0.3 is 0 Å². The minimum atomic E-state index is -3.32. The molecular weight excluding hydrogens is 204 g/mol. The van der Waals surface area contributed by atoms with Crippen LogP contribution in [0.2, 0.25) is 0 Å². The van der Waals surface area contributed by atoms with Crippen molar-refractivity contribution in [2.45, 2.75) is 31.7 Å². The maximum absolute atomic E-state index is 12.0. The highest BCUT2D eigenvalue weighted by Gasteiger charge is 2.39. The molecule has 14 heavy (non-hydrogen) atoms. The average Bonchev–Trinajstić information content (AvgIpc) is 2.02. The highest BCUT2D eigenvalue weighted by atomic mass is 32.2. The van der Waals surface area contributed by atoms with E-state index in [1.807, 2.05) is 0 Å². The Hall–Kier alpha value is -0.170. The molecule has 0 aromatic heterocycles. The number of nitrogens with two attached hydrogens (primary N) is 1. The first-order chi connectivity index (χ1) is 6.27. The van der Waals surface area contributed by atoms with Crippen molar-refractivity contribution in [3.05, 3.63) is 0 Å². The van der Waals surface area contributed by atoms with Crippen molar-refractivity contribution in [3.63, 3.8) is 0 Å². The van der Waals surface area contributed by atoms with Crippen molar-refractivity contribution in [2.75, 3.05) is 19.8 Å². The van der Waals surface area contributed by atoms with Gasteiger partial charge in [-0.15, -0.1) is 0 Å². The highest BCUT2D eigenvalue weighted by molar-refractivity contribution is 7.90. The van der Waals surface area contributed by atoms with Crippen LogP contribution in [0.5, 0.6) is 0 Å². The van der Waals surface area contributed by atoms with Gasteiger partial charge in [-0.2, -0.15) is 4.31 Å². The Balaban J connectivity index is 2.92. The first-order valence-corrected chi connectivity index (χ1v) is 6.05. The topological polar surface area (TPSA) is 72.6 Å². The first-order valence-electron chi connectivity index (χ1n) is 4.61. The summed E-state index contributed by atoms with van der Waals surface area (Å²) in [6, 6.07) is 0. The van der Waals surface area contributed by atoms with Crippen molar-refractivity contribution in [1.29, 1.82) is 0 Å². The number of ether oxygens (including phenoxy) is 1. The maximum atomic E-state index is 12.0. The molecule has 1 rings (SSSR count). The Bertz CT molecular complexity index is 294. The Morgan fingerprint density at radius 1 is 1.43 bits per heavy atom. The third-order valence-electron chi connectivity index (χ3n) is 2.20. The Kier molecular flexibility index (Phi) is 3.20. The van der Waals surface area contributed by atoms with Gasteiger partial charge in [0.05, 0.1) is 24.1 Å². The van der Waals surface area contributed by atoms with Gasteiger partial charge < -0.3 is 10.5 Å². The summed E-state index contributed by atoms with van der Waals surface area (Å²) in [5.74, 6) is 0. The van der Waals surface area contributed by atoms with E-state index in [1.165, 1.54) is 4.31 Å². The Labute approximate surface area is 85.3 Å². The molecule has 0 amide bonds. The summed E-state index contributed by atoms with van der Waals surface area (Å²) in [6.07, 6.45) is -0.548. The molecule has 0 aliphatic carbocycles. The standard InChI is InChI=1S/C8H18N2O3S/c1-8(2,3)14(11,12)10-4-5-13-6-7(10)9/h7H,4-6,9H2,1-3H3. The number of sulfonamides is 1. The minimum Gasteiger partial charge on any atom is -0.377 e. The summed E-state index contributed by atoms with van der Waals surface area (Å²) in [5.41, 5.74) is 5.68. The van der Waals surface area contributed by atoms with E-state index in [0.717, 1.165) is 0 Å². The third-order valence-corrected chi connectivity index (χ3v) is 4.82. The van der Waals surface area contributed by atoms with Crippen LogP contribution >= 0.6 is 0 Å². The van der Waals surface area contributed by atoms with Crippen LogP contribution in [0.4, 0.5) is 0 Å². The lowest BCUT2D eigenvalue weighted by molar-refractivity contribution is 0.0341. The van der Waals surface area contributed by atoms with Crippen molar-refractivity contribution < 1.29 is 13.2 Å². The van der Waals surface area contributed by atoms with Crippen molar-refractivity contribution in [1.82, 2.24) is 4.31 Å². The van der Waals surface area contributed by atoms with E-state index in [1.54, 1.807) is 20.8 Å². The number of rotatable bonds is 1. The van der Waals surface area contributed by atoms with Gasteiger partial charge in [0, 0.05) is 6.54 Å². The van der Waals surface area contributed by atoms with Gasteiger partial charge in [0.25, 0.3) is 0 Å². The van der Waals surface area contributed by atoms with Gasteiger partial charge in [-0.05, 0) is 20.8 Å².